The number of fused-ring (bicyclic) bond motifs is 3. The van der Waals surface area contributed by atoms with Gasteiger partial charge in [-0.25, -0.2) is 4.98 Å². The van der Waals surface area contributed by atoms with E-state index in [0.29, 0.717) is 22.9 Å². The summed E-state index contributed by atoms with van der Waals surface area (Å²) in [5.41, 5.74) is 3.46. The Labute approximate surface area is 172 Å². The molecule has 0 aliphatic carbocycles. The summed E-state index contributed by atoms with van der Waals surface area (Å²) in [4.78, 5) is 17.4. The van der Waals surface area contributed by atoms with Crippen LogP contribution in [0.5, 0.6) is 5.75 Å². The van der Waals surface area contributed by atoms with Gasteiger partial charge in [0.25, 0.3) is 5.91 Å². The van der Waals surface area contributed by atoms with E-state index in [2.05, 4.69) is 11.4 Å². The lowest BCUT2D eigenvalue weighted by Crippen LogP contribution is -2.13. The van der Waals surface area contributed by atoms with Gasteiger partial charge in [0.15, 0.2) is 5.58 Å². The van der Waals surface area contributed by atoms with Crippen LogP contribution in [0, 0.1) is 0 Å². The van der Waals surface area contributed by atoms with Gasteiger partial charge < -0.3 is 14.5 Å². The number of methoxy groups -OCH3 is 1. The van der Waals surface area contributed by atoms with Crippen LogP contribution in [-0.2, 0) is 0 Å². The van der Waals surface area contributed by atoms with Crippen LogP contribution in [0.2, 0.25) is 0 Å². The third kappa shape index (κ3) is 3.16. The van der Waals surface area contributed by atoms with Crippen molar-refractivity contribution in [1.82, 2.24) is 4.98 Å². The van der Waals surface area contributed by atoms with Crippen molar-refractivity contribution in [3.05, 3.63) is 90.5 Å². The summed E-state index contributed by atoms with van der Waals surface area (Å²) in [6.07, 6.45) is 0. The van der Waals surface area contributed by atoms with E-state index in [9.17, 15) is 4.79 Å². The maximum absolute atomic E-state index is 12.7. The van der Waals surface area contributed by atoms with Gasteiger partial charge in [-0.3, -0.25) is 4.79 Å². The molecule has 0 fully saturated rings. The zero-order valence-electron chi connectivity index (χ0n) is 16.3. The smallest absolute Gasteiger partial charge is 0.259 e. The molecular weight excluding hydrogens is 376 g/mol. The van der Waals surface area contributed by atoms with Crippen molar-refractivity contribution >= 4 is 33.5 Å². The predicted molar refractivity (Wildman–Crippen MR) is 118 cm³/mol. The number of carbonyl (C=O) groups is 1. The number of para-hydroxylation sites is 1. The lowest BCUT2D eigenvalue weighted by atomic mass is 10.1. The number of hydrogen-bond acceptors (Lipinski definition) is 4. The van der Waals surface area contributed by atoms with Gasteiger partial charge in [0, 0.05) is 16.6 Å². The highest BCUT2D eigenvalue weighted by Crippen LogP contribution is 2.30. The molecule has 0 saturated carbocycles. The third-order valence-corrected chi connectivity index (χ3v) is 5.00. The Morgan fingerprint density at radius 1 is 0.933 bits per heavy atom. The lowest BCUT2D eigenvalue weighted by Gasteiger charge is -2.09. The van der Waals surface area contributed by atoms with Crippen LogP contribution in [0.25, 0.3) is 33.3 Å². The minimum atomic E-state index is -0.242. The maximum Gasteiger partial charge on any atom is 0.259 e. The van der Waals surface area contributed by atoms with Crippen molar-refractivity contribution in [3.63, 3.8) is 0 Å². The highest BCUT2D eigenvalue weighted by Gasteiger charge is 2.14. The quantitative estimate of drug-likeness (QED) is 0.412. The maximum atomic E-state index is 12.7. The number of ether oxygens (including phenoxy) is 1. The average molecular weight is 394 g/mol. The molecule has 0 aliphatic rings. The number of hydrogen-bond donors (Lipinski definition) is 1. The molecule has 146 valence electrons. The van der Waals surface area contributed by atoms with Crippen molar-refractivity contribution < 1.29 is 13.9 Å². The Morgan fingerprint density at radius 2 is 1.77 bits per heavy atom. The van der Waals surface area contributed by atoms with Gasteiger partial charge in [-0.15, -0.1) is 0 Å². The zero-order valence-corrected chi connectivity index (χ0v) is 16.3. The molecule has 1 aromatic heterocycles. The van der Waals surface area contributed by atoms with Gasteiger partial charge in [-0.1, -0.05) is 48.5 Å². The summed E-state index contributed by atoms with van der Waals surface area (Å²) in [6.45, 7) is 0. The zero-order chi connectivity index (χ0) is 20.5. The van der Waals surface area contributed by atoms with Crippen LogP contribution < -0.4 is 10.1 Å². The van der Waals surface area contributed by atoms with Gasteiger partial charge in [-0.05, 0) is 41.8 Å². The second-order valence-corrected chi connectivity index (χ2v) is 6.89. The molecule has 0 unspecified atom stereocenters. The molecule has 5 heteroatoms. The monoisotopic (exact) mass is 394 g/mol. The van der Waals surface area contributed by atoms with Gasteiger partial charge in [-0.2, -0.15) is 0 Å². The van der Waals surface area contributed by atoms with Crippen molar-refractivity contribution in [2.75, 3.05) is 12.4 Å². The fourth-order valence-electron chi connectivity index (χ4n) is 3.55. The van der Waals surface area contributed by atoms with E-state index in [1.165, 1.54) is 0 Å². The van der Waals surface area contributed by atoms with Gasteiger partial charge in [0.1, 0.15) is 11.3 Å². The Balaban J connectivity index is 1.49. The number of benzene rings is 4. The largest absolute Gasteiger partial charge is 0.496 e. The van der Waals surface area contributed by atoms with E-state index < -0.39 is 0 Å². The highest BCUT2D eigenvalue weighted by molar-refractivity contribution is 6.06. The molecule has 0 spiro atoms. The first-order valence-corrected chi connectivity index (χ1v) is 9.56. The van der Waals surface area contributed by atoms with E-state index in [0.717, 1.165) is 27.4 Å². The van der Waals surface area contributed by atoms with Crippen LogP contribution in [0.1, 0.15) is 10.4 Å². The van der Waals surface area contributed by atoms with E-state index in [1.54, 1.807) is 25.3 Å². The Bertz CT molecular complexity index is 1390. The van der Waals surface area contributed by atoms with Crippen LogP contribution in [-0.4, -0.2) is 18.0 Å². The molecule has 30 heavy (non-hydrogen) atoms. The normalized spacial score (nSPS) is 11.0. The molecule has 5 nitrogen and oxygen atoms in total. The number of rotatable bonds is 4. The second-order valence-electron chi connectivity index (χ2n) is 6.89. The molecule has 1 amide bonds. The number of anilines is 1. The molecule has 5 aromatic rings. The summed E-state index contributed by atoms with van der Waals surface area (Å²) in [6, 6.07) is 26.6. The van der Waals surface area contributed by atoms with Crippen molar-refractivity contribution in [3.8, 4) is 17.2 Å². The molecule has 4 aromatic carbocycles. The number of carbonyl (C=O) groups excluding carboxylic acids is 1. The average Bonchev–Trinajstić information content (AvgIpc) is 3.24. The van der Waals surface area contributed by atoms with Crippen molar-refractivity contribution in [2.45, 2.75) is 0 Å². The predicted octanol–water partition coefficient (Wildman–Crippen LogP) is 5.91. The third-order valence-electron chi connectivity index (χ3n) is 5.00. The summed E-state index contributed by atoms with van der Waals surface area (Å²) in [5, 5.41) is 5.08. The molecule has 1 N–H and O–H groups in total. The molecule has 0 saturated heterocycles. The fourth-order valence-corrected chi connectivity index (χ4v) is 3.55. The molecule has 0 aliphatic heterocycles. The summed E-state index contributed by atoms with van der Waals surface area (Å²) >= 11 is 0. The number of nitrogens with zero attached hydrogens (tertiary/aromatic N) is 1. The van der Waals surface area contributed by atoms with Crippen LogP contribution in [0.4, 0.5) is 5.69 Å². The SMILES string of the molecule is COc1ccccc1C(=O)Nc1cccc(-c2nc3c(ccc4ccccc43)o2)c1. The summed E-state index contributed by atoms with van der Waals surface area (Å²) in [7, 11) is 1.55. The Hall–Kier alpha value is -4.12. The van der Waals surface area contributed by atoms with Crippen molar-refractivity contribution in [1.29, 1.82) is 0 Å². The minimum Gasteiger partial charge on any atom is -0.496 e. The molecule has 0 radical (unpaired) electrons. The first kappa shape index (κ1) is 17.9. The van der Waals surface area contributed by atoms with E-state index >= 15 is 0 Å². The lowest BCUT2D eigenvalue weighted by molar-refractivity contribution is 0.102. The summed E-state index contributed by atoms with van der Waals surface area (Å²) < 4.78 is 11.3. The second kappa shape index (κ2) is 7.37. The van der Waals surface area contributed by atoms with E-state index in [-0.39, 0.29) is 5.91 Å². The first-order chi connectivity index (χ1) is 14.7. The standard InChI is InChI=1S/C25H18N2O3/c1-29-21-12-5-4-11-20(21)24(28)26-18-9-6-8-17(15-18)25-27-23-19-10-3-2-7-16(19)13-14-22(23)30-25/h2-15H,1H3,(H,26,28). The highest BCUT2D eigenvalue weighted by atomic mass is 16.5. The van der Waals surface area contributed by atoms with Crippen LogP contribution in [0.15, 0.2) is 89.3 Å². The number of aromatic nitrogens is 1. The van der Waals surface area contributed by atoms with E-state index in [4.69, 9.17) is 14.1 Å². The molecular formula is C25H18N2O3. The van der Waals surface area contributed by atoms with Gasteiger partial charge >= 0.3 is 0 Å². The fraction of sp³-hybridized carbons (Fsp3) is 0.0400. The van der Waals surface area contributed by atoms with E-state index in [1.807, 2.05) is 60.7 Å². The van der Waals surface area contributed by atoms with Crippen LogP contribution >= 0.6 is 0 Å². The topological polar surface area (TPSA) is 64.4 Å². The van der Waals surface area contributed by atoms with Gasteiger partial charge in [0.05, 0.1) is 12.7 Å². The van der Waals surface area contributed by atoms with Crippen LogP contribution in [0.3, 0.4) is 0 Å². The molecule has 5 rings (SSSR count). The van der Waals surface area contributed by atoms with Crippen molar-refractivity contribution in [2.24, 2.45) is 0 Å². The molecule has 1 heterocycles. The molecule has 0 atom stereocenters. The number of oxazole rings is 1. The summed E-state index contributed by atoms with van der Waals surface area (Å²) in [5.74, 6) is 0.792. The Kier molecular flexibility index (Phi) is 4.41. The molecule has 0 bridgehead atoms. The number of nitrogens with one attached hydrogen (secondary N) is 1. The minimum absolute atomic E-state index is 0.242. The Morgan fingerprint density at radius 3 is 2.67 bits per heavy atom. The first-order valence-electron chi connectivity index (χ1n) is 9.56. The van der Waals surface area contributed by atoms with Gasteiger partial charge in [0.2, 0.25) is 5.89 Å². The number of amides is 1.